The Kier molecular flexibility index (Phi) is 4.22. The third kappa shape index (κ3) is 3.19. The molecule has 1 aliphatic rings. The standard InChI is InChI=1S/C15H17N3O4/c1-10-15(18-22-17-10)20-7-6-16-14(19)12-8-11-4-2-3-5-13(11)21-9-12/h2-5,12H,6-9H2,1H3,(H,16,19). The van der Waals surface area contributed by atoms with Crippen molar-refractivity contribution in [3.05, 3.63) is 35.5 Å². The molecule has 0 bridgehead atoms. The van der Waals surface area contributed by atoms with Gasteiger partial charge in [-0.1, -0.05) is 23.4 Å². The Morgan fingerprint density at radius 3 is 3.09 bits per heavy atom. The van der Waals surface area contributed by atoms with Crippen molar-refractivity contribution in [3.8, 4) is 11.6 Å². The highest BCUT2D eigenvalue weighted by molar-refractivity contribution is 5.79. The number of benzene rings is 1. The van der Waals surface area contributed by atoms with E-state index in [1.165, 1.54) is 0 Å². The van der Waals surface area contributed by atoms with E-state index in [2.05, 4.69) is 20.3 Å². The second kappa shape index (κ2) is 6.46. The molecule has 3 rings (SSSR count). The Hall–Kier alpha value is -2.57. The van der Waals surface area contributed by atoms with Crippen LogP contribution < -0.4 is 14.8 Å². The van der Waals surface area contributed by atoms with Crippen molar-refractivity contribution in [3.63, 3.8) is 0 Å². The topological polar surface area (TPSA) is 86.5 Å². The highest BCUT2D eigenvalue weighted by Gasteiger charge is 2.25. The Labute approximate surface area is 127 Å². The monoisotopic (exact) mass is 303 g/mol. The van der Waals surface area contributed by atoms with Gasteiger partial charge in [0.1, 0.15) is 24.7 Å². The summed E-state index contributed by atoms with van der Waals surface area (Å²) in [5.74, 6) is 1.01. The van der Waals surface area contributed by atoms with E-state index in [1.54, 1.807) is 6.92 Å². The lowest BCUT2D eigenvalue weighted by Crippen LogP contribution is -2.39. The molecule has 0 aliphatic carbocycles. The predicted molar refractivity (Wildman–Crippen MR) is 76.7 cm³/mol. The molecule has 1 aliphatic heterocycles. The van der Waals surface area contributed by atoms with Gasteiger partial charge in [-0.3, -0.25) is 4.79 Å². The van der Waals surface area contributed by atoms with Crippen molar-refractivity contribution < 1.29 is 18.9 Å². The van der Waals surface area contributed by atoms with Gasteiger partial charge < -0.3 is 14.8 Å². The molecular weight excluding hydrogens is 286 g/mol. The molecule has 0 saturated heterocycles. The minimum absolute atomic E-state index is 0.0342. The molecular formula is C15H17N3O4. The van der Waals surface area contributed by atoms with Crippen LogP contribution in [0.1, 0.15) is 11.3 Å². The zero-order chi connectivity index (χ0) is 15.4. The molecule has 7 nitrogen and oxygen atoms in total. The maximum Gasteiger partial charge on any atom is 0.278 e. The molecule has 1 aromatic heterocycles. The minimum atomic E-state index is -0.176. The summed E-state index contributed by atoms with van der Waals surface area (Å²) in [6, 6.07) is 7.78. The molecule has 2 heterocycles. The van der Waals surface area contributed by atoms with Crippen LogP contribution in [0.3, 0.4) is 0 Å². The van der Waals surface area contributed by atoms with Crippen LogP contribution in [0.4, 0.5) is 0 Å². The average molecular weight is 303 g/mol. The Morgan fingerprint density at radius 2 is 2.27 bits per heavy atom. The fourth-order valence-corrected chi connectivity index (χ4v) is 2.32. The number of carbonyl (C=O) groups is 1. The van der Waals surface area contributed by atoms with E-state index in [-0.39, 0.29) is 11.8 Å². The maximum atomic E-state index is 12.1. The van der Waals surface area contributed by atoms with Crippen LogP contribution in [0.25, 0.3) is 0 Å². The van der Waals surface area contributed by atoms with Gasteiger partial charge in [-0.25, -0.2) is 4.63 Å². The molecule has 1 aromatic carbocycles. The average Bonchev–Trinajstić information content (AvgIpc) is 2.96. The first kappa shape index (κ1) is 14.4. The number of nitrogens with zero attached hydrogens (tertiary/aromatic N) is 2. The van der Waals surface area contributed by atoms with Crippen LogP contribution in [-0.4, -0.2) is 36.0 Å². The number of para-hydroxylation sites is 1. The van der Waals surface area contributed by atoms with Gasteiger partial charge in [-0.05, 0) is 30.1 Å². The summed E-state index contributed by atoms with van der Waals surface area (Å²) in [6.45, 7) is 2.84. The van der Waals surface area contributed by atoms with Gasteiger partial charge in [-0.2, -0.15) is 0 Å². The first-order valence-corrected chi connectivity index (χ1v) is 7.14. The van der Waals surface area contributed by atoms with E-state index in [4.69, 9.17) is 9.47 Å². The summed E-state index contributed by atoms with van der Waals surface area (Å²) < 4.78 is 15.5. The van der Waals surface area contributed by atoms with E-state index in [1.807, 2.05) is 24.3 Å². The van der Waals surface area contributed by atoms with Gasteiger partial charge in [0, 0.05) is 0 Å². The van der Waals surface area contributed by atoms with E-state index in [0.717, 1.165) is 11.3 Å². The Bertz CT molecular complexity index is 656. The molecule has 2 aromatic rings. The quantitative estimate of drug-likeness (QED) is 0.833. The molecule has 0 saturated carbocycles. The van der Waals surface area contributed by atoms with Gasteiger partial charge >= 0.3 is 0 Å². The van der Waals surface area contributed by atoms with Crippen LogP contribution >= 0.6 is 0 Å². The Morgan fingerprint density at radius 1 is 1.41 bits per heavy atom. The van der Waals surface area contributed by atoms with E-state index < -0.39 is 0 Å². The number of hydrogen-bond donors (Lipinski definition) is 1. The zero-order valence-corrected chi connectivity index (χ0v) is 12.2. The molecule has 1 unspecified atom stereocenters. The van der Waals surface area contributed by atoms with Crippen LogP contribution in [-0.2, 0) is 11.2 Å². The van der Waals surface area contributed by atoms with Crippen molar-refractivity contribution in [1.82, 2.24) is 15.6 Å². The molecule has 0 spiro atoms. The lowest BCUT2D eigenvalue weighted by Gasteiger charge is -2.24. The van der Waals surface area contributed by atoms with E-state index in [0.29, 0.717) is 37.8 Å². The third-order valence-electron chi connectivity index (χ3n) is 3.50. The molecule has 1 atom stereocenters. The minimum Gasteiger partial charge on any atom is -0.492 e. The predicted octanol–water partition coefficient (Wildman–Crippen LogP) is 1.12. The largest absolute Gasteiger partial charge is 0.492 e. The van der Waals surface area contributed by atoms with Gasteiger partial charge in [0.15, 0.2) is 0 Å². The summed E-state index contributed by atoms with van der Waals surface area (Å²) in [6.07, 6.45) is 0.690. The zero-order valence-electron chi connectivity index (χ0n) is 12.2. The molecule has 0 fully saturated rings. The number of hydrogen-bond acceptors (Lipinski definition) is 6. The van der Waals surface area contributed by atoms with Crippen LogP contribution in [0.5, 0.6) is 11.6 Å². The normalized spacial score (nSPS) is 16.5. The smallest absolute Gasteiger partial charge is 0.278 e. The summed E-state index contributed by atoms with van der Waals surface area (Å²) in [4.78, 5) is 12.1. The van der Waals surface area contributed by atoms with E-state index >= 15 is 0 Å². The highest BCUT2D eigenvalue weighted by atomic mass is 16.6. The van der Waals surface area contributed by atoms with Gasteiger partial charge in [0.05, 0.1) is 12.5 Å². The highest BCUT2D eigenvalue weighted by Crippen LogP contribution is 2.26. The summed E-state index contributed by atoms with van der Waals surface area (Å²) in [5.41, 5.74) is 1.65. The number of aryl methyl sites for hydroxylation is 1. The van der Waals surface area contributed by atoms with Crippen molar-refractivity contribution in [1.29, 1.82) is 0 Å². The first-order chi connectivity index (χ1) is 10.7. The van der Waals surface area contributed by atoms with Crippen LogP contribution in [0, 0.1) is 12.8 Å². The molecule has 0 radical (unpaired) electrons. The maximum absolute atomic E-state index is 12.1. The number of nitrogens with one attached hydrogen (secondary N) is 1. The number of carbonyl (C=O) groups excluding carboxylic acids is 1. The van der Waals surface area contributed by atoms with Crippen molar-refractivity contribution in [2.24, 2.45) is 5.92 Å². The van der Waals surface area contributed by atoms with Gasteiger partial charge in [0.2, 0.25) is 5.91 Å². The number of fused-ring (bicyclic) bond motifs is 1. The van der Waals surface area contributed by atoms with Crippen LogP contribution in [0.2, 0.25) is 0 Å². The molecule has 116 valence electrons. The summed E-state index contributed by atoms with van der Waals surface area (Å²) >= 11 is 0. The SMILES string of the molecule is Cc1nonc1OCCNC(=O)C1COc2ccccc2C1. The van der Waals surface area contributed by atoms with Crippen LogP contribution in [0.15, 0.2) is 28.9 Å². The molecule has 7 heteroatoms. The van der Waals surface area contributed by atoms with Crippen molar-refractivity contribution >= 4 is 5.91 Å². The summed E-state index contributed by atoms with van der Waals surface area (Å²) in [5, 5.41) is 10.1. The van der Waals surface area contributed by atoms with Crippen molar-refractivity contribution in [2.45, 2.75) is 13.3 Å². The fraction of sp³-hybridized carbons (Fsp3) is 0.400. The van der Waals surface area contributed by atoms with E-state index in [9.17, 15) is 4.79 Å². The van der Waals surface area contributed by atoms with Gasteiger partial charge in [-0.15, -0.1) is 0 Å². The lowest BCUT2D eigenvalue weighted by molar-refractivity contribution is -0.126. The number of aromatic nitrogens is 2. The second-order valence-corrected chi connectivity index (χ2v) is 5.11. The van der Waals surface area contributed by atoms with Crippen molar-refractivity contribution in [2.75, 3.05) is 19.8 Å². The molecule has 1 amide bonds. The Balaban J connectivity index is 1.44. The first-order valence-electron chi connectivity index (χ1n) is 7.14. The van der Waals surface area contributed by atoms with Gasteiger partial charge in [0.25, 0.3) is 5.88 Å². The molecule has 22 heavy (non-hydrogen) atoms. The molecule has 1 N–H and O–H groups in total. The third-order valence-corrected chi connectivity index (χ3v) is 3.50. The number of amides is 1. The summed E-state index contributed by atoms with van der Waals surface area (Å²) in [7, 11) is 0. The lowest BCUT2D eigenvalue weighted by atomic mass is 9.96. The number of rotatable bonds is 5. The number of ether oxygens (including phenoxy) is 2. The second-order valence-electron chi connectivity index (χ2n) is 5.11. The fourth-order valence-electron chi connectivity index (χ4n) is 2.32.